The lowest BCUT2D eigenvalue weighted by molar-refractivity contribution is -0.182. The molecule has 0 unspecified atom stereocenters. The maximum Gasteiger partial charge on any atom is 0.311 e. The molecule has 31 heavy (non-hydrogen) atoms. The third kappa shape index (κ3) is 7.00. The summed E-state index contributed by atoms with van der Waals surface area (Å²) < 4.78 is 16.8. The van der Waals surface area contributed by atoms with E-state index in [1.54, 1.807) is 45.0 Å². The zero-order valence-electron chi connectivity index (χ0n) is 18.8. The summed E-state index contributed by atoms with van der Waals surface area (Å²) in [5, 5.41) is 19.8. The van der Waals surface area contributed by atoms with E-state index < -0.39 is 35.7 Å². The second kappa shape index (κ2) is 10.7. The second-order valence-corrected chi connectivity index (χ2v) is 9.02. The van der Waals surface area contributed by atoms with Crippen molar-refractivity contribution in [3.05, 3.63) is 47.0 Å². The molecule has 0 saturated carbocycles. The Kier molecular flexibility index (Phi) is 8.52. The van der Waals surface area contributed by atoms with Crippen LogP contribution in [-0.2, 0) is 23.8 Å². The molecule has 2 rings (SSSR count). The van der Waals surface area contributed by atoms with E-state index in [9.17, 15) is 14.7 Å². The Hall–Kier alpha value is -2.53. The molecular weight excluding hydrogens is 398 g/mol. The standard InChI is InChI=1S/C24H31NO6/c1-15(2)10-11-29-20-12-18(21(26)17-8-6-16(13-25)7-9-17)22(27)19(31-20)14-30-23(28)24(3,4)5/h6-9,12,15,19-21,26H,10-11,14H2,1-5H3/t19-,20+,21-/m1/s1. The van der Waals surface area contributed by atoms with Crippen LogP contribution in [0.4, 0.5) is 0 Å². The van der Waals surface area contributed by atoms with Crippen LogP contribution in [0.15, 0.2) is 35.9 Å². The molecule has 0 fully saturated rings. The smallest absolute Gasteiger partial charge is 0.311 e. The SMILES string of the molecule is CC(C)CCO[C@@H]1C=C([C@H](O)c2ccc(C#N)cc2)C(=O)[C@@H](COC(=O)C(C)(C)C)O1. The zero-order chi connectivity index (χ0) is 23.2. The number of carbonyl (C=O) groups excluding carboxylic acids is 2. The summed E-state index contributed by atoms with van der Waals surface area (Å²) in [5.74, 6) is -0.492. The topological polar surface area (TPSA) is 106 Å². The maximum absolute atomic E-state index is 13.0. The van der Waals surface area contributed by atoms with Crippen LogP contribution in [0.1, 0.15) is 58.3 Å². The number of hydrogen-bond acceptors (Lipinski definition) is 7. The molecule has 1 aliphatic rings. The lowest BCUT2D eigenvalue weighted by atomic mass is 9.93. The Labute approximate surface area is 183 Å². The van der Waals surface area contributed by atoms with Gasteiger partial charge in [-0.1, -0.05) is 26.0 Å². The molecule has 0 bridgehead atoms. The molecule has 7 nitrogen and oxygen atoms in total. The van der Waals surface area contributed by atoms with E-state index in [-0.39, 0.29) is 12.2 Å². The van der Waals surface area contributed by atoms with Gasteiger partial charge in [0.2, 0.25) is 0 Å². The summed E-state index contributed by atoms with van der Waals surface area (Å²) in [6.45, 7) is 9.45. The number of nitriles is 1. The van der Waals surface area contributed by atoms with Crippen molar-refractivity contribution in [3.63, 3.8) is 0 Å². The number of benzene rings is 1. The van der Waals surface area contributed by atoms with E-state index in [2.05, 4.69) is 13.8 Å². The van der Waals surface area contributed by atoms with Crippen molar-refractivity contribution in [1.82, 2.24) is 0 Å². The zero-order valence-corrected chi connectivity index (χ0v) is 18.8. The van der Waals surface area contributed by atoms with Gasteiger partial charge in [-0.2, -0.15) is 5.26 Å². The Bertz CT molecular complexity index is 844. The Balaban J connectivity index is 2.22. The van der Waals surface area contributed by atoms with E-state index in [1.807, 2.05) is 6.07 Å². The molecule has 3 atom stereocenters. The summed E-state index contributed by atoms with van der Waals surface area (Å²) in [6.07, 6.45) is -0.880. The molecule has 1 N–H and O–H groups in total. The monoisotopic (exact) mass is 429 g/mol. The molecule has 1 aliphatic heterocycles. The van der Waals surface area contributed by atoms with Gasteiger partial charge in [0.15, 0.2) is 18.2 Å². The van der Waals surface area contributed by atoms with Crippen LogP contribution in [-0.4, -0.2) is 42.5 Å². The number of esters is 1. The summed E-state index contributed by atoms with van der Waals surface area (Å²) in [7, 11) is 0. The van der Waals surface area contributed by atoms with E-state index >= 15 is 0 Å². The van der Waals surface area contributed by atoms with Crippen molar-refractivity contribution >= 4 is 11.8 Å². The average molecular weight is 430 g/mol. The molecule has 7 heteroatoms. The van der Waals surface area contributed by atoms with Gasteiger partial charge in [0, 0.05) is 5.57 Å². The van der Waals surface area contributed by atoms with Crippen LogP contribution in [0.3, 0.4) is 0 Å². The largest absolute Gasteiger partial charge is 0.462 e. The number of nitrogens with zero attached hydrogens (tertiary/aromatic N) is 1. The fraction of sp³-hybridized carbons (Fsp3) is 0.542. The third-order valence-electron chi connectivity index (χ3n) is 4.80. The highest BCUT2D eigenvalue weighted by Gasteiger charge is 2.37. The van der Waals surface area contributed by atoms with Crippen LogP contribution in [0.2, 0.25) is 0 Å². The highest BCUT2D eigenvalue weighted by molar-refractivity contribution is 6.00. The lowest BCUT2D eigenvalue weighted by Gasteiger charge is -2.30. The number of rotatable bonds is 8. The van der Waals surface area contributed by atoms with E-state index in [4.69, 9.17) is 19.5 Å². The van der Waals surface area contributed by atoms with Gasteiger partial charge in [0.05, 0.1) is 23.7 Å². The van der Waals surface area contributed by atoms with Gasteiger partial charge in [0.1, 0.15) is 12.7 Å². The van der Waals surface area contributed by atoms with Gasteiger partial charge in [-0.15, -0.1) is 0 Å². The highest BCUT2D eigenvalue weighted by atomic mass is 16.7. The molecule has 168 valence electrons. The highest BCUT2D eigenvalue weighted by Crippen LogP contribution is 2.29. The van der Waals surface area contributed by atoms with Crippen molar-refractivity contribution in [1.29, 1.82) is 5.26 Å². The van der Waals surface area contributed by atoms with Gasteiger partial charge in [-0.05, 0) is 56.9 Å². The first-order chi connectivity index (χ1) is 14.5. The van der Waals surface area contributed by atoms with E-state index in [0.717, 1.165) is 6.42 Å². The first-order valence-corrected chi connectivity index (χ1v) is 10.4. The molecule has 1 aromatic rings. The Morgan fingerprint density at radius 3 is 2.45 bits per heavy atom. The molecule has 1 aromatic carbocycles. The number of carbonyl (C=O) groups is 2. The number of ketones is 1. The number of aliphatic hydroxyl groups is 1. The predicted molar refractivity (Wildman–Crippen MR) is 114 cm³/mol. The minimum absolute atomic E-state index is 0.113. The Morgan fingerprint density at radius 2 is 1.90 bits per heavy atom. The van der Waals surface area contributed by atoms with Gasteiger partial charge in [0.25, 0.3) is 0 Å². The van der Waals surface area contributed by atoms with Crippen molar-refractivity contribution in [3.8, 4) is 6.07 Å². The van der Waals surface area contributed by atoms with E-state index in [1.165, 1.54) is 6.08 Å². The third-order valence-corrected chi connectivity index (χ3v) is 4.80. The lowest BCUT2D eigenvalue weighted by Crippen LogP contribution is -2.42. The van der Waals surface area contributed by atoms with Crippen LogP contribution in [0.5, 0.6) is 0 Å². The molecular formula is C24H31NO6. The fourth-order valence-corrected chi connectivity index (χ4v) is 2.81. The molecule has 0 amide bonds. The Morgan fingerprint density at radius 1 is 1.26 bits per heavy atom. The van der Waals surface area contributed by atoms with Gasteiger partial charge < -0.3 is 19.3 Å². The number of aliphatic hydroxyl groups excluding tert-OH is 1. The number of ether oxygens (including phenoxy) is 3. The molecule has 1 heterocycles. The van der Waals surface area contributed by atoms with Crippen LogP contribution in [0, 0.1) is 22.7 Å². The molecule has 0 aliphatic carbocycles. The maximum atomic E-state index is 13.0. The van der Waals surface area contributed by atoms with Crippen LogP contribution >= 0.6 is 0 Å². The minimum Gasteiger partial charge on any atom is -0.462 e. The van der Waals surface area contributed by atoms with E-state index in [0.29, 0.717) is 23.7 Å². The van der Waals surface area contributed by atoms with Gasteiger partial charge in [-0.3, -0.25) is 9.59 Å². The molecule has 0 aromatic heterocycles. The summed E-state index contributed by atoms with van der Waals surface area (Å²) in [6, 6.07) is 8.35. The van der Waals surface area contributed by atoms with Gasteiger partial charge in [-0.25, -0.2) is 0 Å². The average Bonchev–Trinajstić information content (AvgIpc) is 2.72. The fourth-order valence-electron chi connectivity index (χ4n) is 2.81. The van der Waals surface area contributed by atoms with Gasteiger partial charge >= 0.3 is 5.97 Å². The number of hydrogen-bond donors (Lipinski definition) is 1. The van der Waals surface area contributed by atoms with Crippen LogP contribution in [0.25, 0.3) is 0 Å². The first kappa shape index (κ1) is 24.7. The normalized spacial score (nSPS) is 20.2. The minimum atomic E-state index is -1.22. The number of Topliss-reactive ketones (excluding diaryl/α,β-unsaturated/α-hetero) is 1. The summed E-state index contributed by atoms with van der Waals surface area (Å²) in [4.78, 5) is 25.1. The van der Waals surface area contributed by atoms with Crippen LogP contribution < -0.4 is 0 Å². The van der Waals surface area contributed by atoms with Crippen molar-refractivity contribution < 1.29 is 28.9 Å². The molecule has 0 saturated heterocycles. The molecule has 0 spiro atoms. The van der Waals surface area contributed by atoms with Crippen molar-refractivity contribution in [2.75, 3.05) is 13.2 Å². The molecule has 0 radical (unpaired) electrons. The summed E-state index contributed by atoms with van der Waals surface area (Å²) in [5.41, 5.74) is 0.310. The van der Waals surface area contributed by atoms with Crippen molar-refractivity contribution in [2.45, 2.75) is 59.5 Å². The van der Waals surface area contributed by atoms with Crippen molar-refractivity contribution in [2.24, 2.45) is 11.3 Å². The second-order valence-electron chi connectivity index (χ2n) is 9.02. The first-order valence-electron chi connectivity index (χ1n) is 10.4. The summed E-state index contributed by atoms with van der Waals surface area (Å²) >= 11 is 0. The quantitative estimate of drug-likeness (QED) is 0.631. The predicted octanol–water partition coefficient (Wildman–Crippen LogP) is 3.46.